The minimum absolute atomic E-state index is 0.335. The van der Waals surface area contributed by atoms with Gasteiger partial charge in [0.2, 0.25) is 0 Å². The predicted molar refractivity (Wildman–Crippen MR) is 68.7 cm³/mol. The molecular formula is C13H10ClF2N3. The normalized spacial score (nSPS) is 14.5. The lowest BCUT2D eigenvalue weighted by Gasteiger charge is -2.08. The third kappa shape index (κ3) is 2.81. The Hall–Kier alpha value is -1.75. The summed E-state index contributed by atoms with van der Waals surface area (Å²) in [4.78, 5) is 8.47. The average molecular weight is 282 g/mol. The third-order valence-corrected chi connectivity index (χ3v) is 3.04. The van der Waals surface area contributed by atoms with E-state index in [2.05, 4.69) is 15.3 Å². The molecule has 0 unspecified atom stereocenters. The maximum atomic E-state index is 13.1. The molecule has 19 heavy (non-hydrogen) atoms. The van der Waals surface area contributed by atoms with E-state index in [4.69, 9.17) is 11.6 Å². The van der Waals surface area contributed by atoms with Gasteiger partial charge >= 0.3 is 0 Å². The van der Waals surface area contributed by atoms with E-state index in [-0.39, 0.29) is 0 Å². The molecule has 0 saturated heterocycles. The molecule has 3 rings (SSSR count). The minimum atomic E-state index is -0.910. The molecule has 98 valence electrons. The lowest BCUT2D eigenvalue weighted by atomic mass is 10.3. The van der Waals surface area contributed by atoms with Gasteiger partial charge in [-0.05, 0) is 25.0 Å². The highest BCUT2D eigenvalue weighted by atomic mass is 35.5. The van der Waals surface area contributed by atoms with Gasteiger partial charge in [0, 0.05) is 23.7 Å². The van der Waals surface area contributed by atoms with Crippen LogP contribution in [0.3, 0.4) is 0 Å². The molecule has 1 fully saturated rings. The van der Waals surface area contributed by atoms with Crippen molar-refractivity contribution < 1.29 is 8.78 Å². The fourth-order valence-electron chi connectivity index (χ4n) is 1.75. The van der Waals surface area contributed by atoms with Gasteiger partial charge in [-0.25, -0.2) is 18.7 Å². The van der Waals surface area contributed by atoms with E-state index in [1.807, 2.05) is 0 Å². The molecular weight excluding hydrogens is 272 g/mol. The van der Waals surface area contributed by atoms with E-state index in [1.165, 1.54) is 6.07 Å². The summed E-state index contributed by atoms with van der Waals surface area (Å²) in [5.74, 6) is -0.257. The summed E-state index contributed by atoms with van der Waals surface area (Å²) < 4.78 is 25.9. The molecule has 0 radical (unpaired) electrons. The van der Waals surface area contributed by atoms with Crippen LogP contribution < -0.4 is 5.32 Å². The Bertz CT molecular complexity index is 629. The number of aromatic nitrogens is 2. The van der Waals surface area contributed by atoms with Crippen molar-refractivity contribution >= 4 is 23.1 Å². The number of halogens is 3. The molecule has 1 saturated carbocycles. The van der Waals surface area contributed by atoms with Gasteiger partial charge in [0.25, 0.3) is 0 Å². The number of nitrogens with one attached hydrogen (secondary N) is 1. The molecule has 6 heteroatoms. The molecule has 0 amide bonds. The second-order valence-corrected chi connectivity index (χ2v) is 4.85. The Morgan fingerprint density at radius 2 is 1.89 bits per heavy atom. The second kappa shape index (κ2) is 4.74. The predicted octanol–water partition coefficient (Wildman–Crippen LogP) is 4.03. The summed E-state index contributed by atoms with van der Waals surface area (Å²) in [6.07, 6.45) is 2.12. The molecule has 1 aliphatic carbocycles. The zero-order valence-electron chi connectivity index (χ0n) is 9.83. The molecule has 0 atom stereocenters. The molecule has 0 spiro atoms. The molecule has 0 bridgehead atoms. The largest absolute Gasteiger partial charge is 0.340 e. The minimum Gasteiger partial charge on any atom is -0.340 e. The Morgan fingerprint density at radius 3 is 2.58 bits per heavy atom. The van der Waals surface area contributed by atoms with Gasteiger partial charge < -0.3 is 5.32 Å². The monoisotopic (exact) mass is 281 g/mol. The number of hydrogen-bond acceptors (Lipinski definition) is 3. The van der Waals surface area contributed by atoms with Crippen LogP contribution in [0.2, 0.25) is 5.15 Å². The van der Waals surface area contributed by atoms with Crippen molar-refractivity contribution in [3.8, 4) is 0 Å². The fraction of sp³-hybridized carbons (Fsp3) is 0.231. The van der Waals surface area contributed by atoms with E-state index in [1.54, 1.807) is 6.07 Å². The second-order valence-electron chi connectivity index (χ2n) is 4.46. The topological polar surface area (TPSA) is 37.8 Å². The summed E-state index contributed by atoms with van der Waals surface area (Å²) in [5, 5.41) is 3.23. The van der Waals surface area contributed by atoms with Crippen molar-refractivity contribution in [3.63, 3.8) is 0 Å². The van der Waals surface area contributed by atoms with Crippen molar-refractivity contribution in [2.24, 2.45) is 0 Å². The van der Waals surface area contributed by atoms with Crippen LogP contribution in [-0.2, 0) is 0 Å². The van der Waals surface area contributed by atoms with E-state index in [0.29, 0.717) is 28.4 Å². The molecule has 1 heterocycles. The maximum Gasteiger partial charge on any atom is 0.160 e. The van der Waals surface area contributed by atoms with Crippen LogP contribution in [0.1, 0.15) is 24.6 Å². The highest BCUT2D eigenvalue weighted by molar-refractivity contribution is 6.29. The summed E-state index contributed by atoms with van der Waals surface area (Å²) in [5.41, 5.74) is 0.412. The molecule has 1 aromatic carbocycles. The van der Waals surface area contributed by atoms with Gasteiger partial charge in [0.1, 0.15) is 16.8 Å². The van der Waals surface area contributed by atoms with Crippen LogP contribution in [0.15, 0.2) is 24.3 Å². The van der Waals surface area contributed by atoms with Gasteiger partial charge in [-0.1, -0.05) is 11.6 Å². The van der Waals surface area contributed by atoms with Crippen LogP contribution in [-0.4, -0.2) is 9.97 Å². The number of benzene rings is 1. The zero-order valence-corrected chi connectivity index (χ0v) is 10.6. The van der Waals surface area contributed by atoms with E-state index in [9.17, 15) is 8.78 Å². The number of nitrogens with zero attached hydrogens (tertiary/aromatic N) is 2. The quantitative estimate of drug-likeness (QED) is 0.863. The molecule has 1 N–H and O–H groups in total. The van der Waals surface area contributed by atoms with Gasteiger partial charge in [-0.15, -0.1) is 0 Å². The standard InChI is InChI=1S/C13H10ClF2N3/c14-11-6-12(19-13(18-11)7-1-2-7)17-8-3-4-9(15)10(16)5-8/h3-7H,1-2H2,(H,17,18,19). The van der Waals surface area contributed by atoms with Crippen LogP contribution >= 0.6 is 11.6 Å². The smallest absolute Gasteiger partial charge is 0.160 e. The van der Waals surface area contributed by atoms with Gasteiger partial charge in [0.05, 0.1) is 0 Å². The SMILES string of the molecule is Fc1ccc(Nc2cc(Cl)nc(C3CC3)n2)cc1F. The summed E-state index contributed by atoms with van der Waals surface area (Å²) >= 11 is 5.92. The first-order chi connectivity index (χ1) is 9.11. The van der Waals surface area contributed by atoms with E-state index in [0.717, 1.165) is 25.0 Å². The Balaban J connectivity index is 1.87. The Kier molecular flexibility index (Phi) is 3.06. The van der Waals surface area contributed by atoms with Gasteiger partial charge in [-0.2, -0.15) is 0 Å². The average Bonchev–Trinajstić information content (AvgIpc) is 3.17. The van der Waals surface area contributed by atoms with Crippen molar-refractivity contribution in [3.05, 3.63) is 46.9 Å². The van der Waals surface area contributed by atoms with E-state index >= 15 is 0 Å². The summed E-state index contributed by atoms with van der Waals surface area (Å²) in [7, 11) is 0. The fourth-order valence-corrected chi connectivity index (χ4v) is 1.94. The van der Waals surface area contributed by atoms with Crippen molar-refractivity contribution in [2.45, 2.75) is 18.8 Å². The van der Waals surface area contributed by atoms with Crippen LogP contribution in [0, 0.1) is 11.6 Å². The summed E-state index contributed by atoms with van der Waals surface area (Å²) in [6, 6.07) is 5.12. The first-order valence-corrected chi connectivity index (χ1v) is 6.26. The Morgan fingerprint density at radius 1 is 1.11 bits per heavy atom. The van der Waals surface area contributed by atoms with Crippen LogP contribution in [0.4, 0.5) is 20.3 Å². The molecule has 1 aliphatic rings. The lowest BCUT2D eigenvalue weighted by Crippen LogP contribution is -2.00. The molecule has 2 aromatic rings. The number of anilines is 2. The molecule has 0 aliphatic heterocycles. The van der Waals surface area contributed by atoms with Crippen molar-refractivity contribution in [1.82, 2.24) is 9.97 Å². The highest BCUT2D eigenvalue weighted by Crippen LogP contribution is 2.39. The van der Waals surface area contributed by atoms with Crippen molar-refractivity contribution in [2.75, 3.05) is 5.32 Å². The Labute approximate surface area is 113 Å². The van der Waals surface area contributed by atoms with E-state index < -0.39 is 11.6 Å². The number of hydrogen-bond donors (Lipinski definition) is 1. The maximum absolute atomic E-state index is 13.1. The van der Waals surface area contributed by atoms with Gasteiger partial charge in [-0.3, -0.25) is 0 Å². The van der Waals surface area contributed by atoms with Gasteiger partial charge in [0.15, 0.2) is 11.6 Å². The lowest BCUT2D eigenvalue weighted by molar-refractivity contribution is 0.509. The van der Waals surface area contributed by atoms with Crippen molar-refractivity contribution in [1.29, 1.82) is 0 Å². The zero-order chi connectivity index (χ0) is 13.4. The van der Waals surface area contributed by atoms with Crippen LogP contribution in [0.25, 0.3) is 0 Å². The molecule has 3 nitrogen and oxygen atoms in total. The number of rotatable bonds is 3. The summed E-state index contributed by atoms with van der Waals surface area (Å²) in [6.45, 7) is 0. The van der Waals surface area contributed by atoms with Crippen LogP contribution in [0.5, 0.6) is 0 Å². The highest BCUT2D eigenvalue weighted by Gasteiger charge is 2.27. The third-order valence-electron chi connectivity index (χ3n) is 2.85. The first-order valence-electron chi connectivity index (χ1n) is 5.88. The first kappa shape index (κ1) is 12.3. The molecule has 1 aromatic heterocycles.